The quantitative estimate of drug-likeness (QED) is 0.837. The molecule has 1 aromatic rings. The second-order valence-corrected chi connectivity index (χ2v) is 4.48. The Morgan fingerprint density at radius 3 is 2.88 bits per heavy atom. The van der Waals surface area contributed by atoms with Gasteiger partial charge in [-0.15, -0.1) is 0 Å². The van der Waals surface area contributed by atoms with E-state index in [1.54, 1.807) is 18.3 Å². The molecule has 0 saturated carbocycles. The van der Waals surface area contributed by atoms with Gasteiger partial charge in [-0.25, -0.2) is 4.98 Å². The van der Waals surface area contributed by atoms with Gasteiger partial charge in [0.05, 0.1) is 6.54 Å². The molecule has 1 aliphatic heterocycles. The summed E-state index contributed by atoms with van der Waals surface area (Å²) in [6, 6.07) is 3.42. The van der Waals surface area contributed by atoms with Crippen molar-refractivity contribution in [1.82, 2.24) is 9.88 Å². The van der Waals surface area contributed by atoms with Crippen molar-refractivity contribution in [3.05, 3.63) is 23.9 Å². The zero-order chi connectivity index (χ0) is 11.5. The van der Waals surface area contributed by atoms with Crippen molar-refractivity contribution in [3.63, 3.8) is 0 Å². The largest absolute Gasteiger partial charge is 0.384 e. The van der Waals surface area contributed by atoms with Gasteiger partial charge >= 0.3 is 0 Å². The normalized spacial score (nSPS) is 16.6. The molecule has 1 aliphatic rings. The monoisotopic (exact) mass is 237 g/mol. The topological polar surface area (TPSA) is 76.3 Å². The first-order valence-electron chi connectivity index (χ1n) is 4.84. The van der Waals surface area contributed by atoms with Crippen LogP contribution < -0.4 is 5.73 Å². The third-order valence-electron chi connectivity index (χ3n) is 2.25. The molecule has 0 unspecified atom stereocenters. The van der Waals surface area contributed by atoms with Crippen LogP contribution in [0.25, 0.3) is 0 Å². The number of thioether (sulfide) groups is 1. The van der Waals surface area contributed by atoms with Gasteiger partial charge in [-0.3, -0.25) is 14.5 Å². The molecule has 0 radical (unpaired) electrons. The zero-order valence-corrected chi connectivity index (χ0v) is 9.37. The molecule has 84 valence electrons. The van der Waals surface area contributed by atoms with Crippen LogP contribution in [0.15, 0.2) is 18.3 Å². The number of carbonyl (C=O) groups excluding carboxylic acids is 2. The molecule has 5 nitrogen and oxygen atoms in total. The van der Waals surface area contributed by atoms with E-state index in [1.807, 2.05) is 0 Å². The number of carbonyl (C=O) groups is 2. The van der Waals surface area contributed by atoms with Gasteiger partial charge in [-0.2, -0.15) is 0 Å². The molecule has 1 saturated heterocycles. The SMILES string of the molecule is Nc1ccc(CN2C(=O)CCSC2=O)cn1. The van der Waals surface area contributed by atoms with Crippen LogP contribution in [0.4, 0.5) is 10.6 Å². The van der Waals surface area contributed by atoms with E-state index >= 15 is 0 Å². The molecule has 2 rings (SSSR count). The molecular formula is C10H11N3O2S. The Morgan fingerprint density at radius 1 is 1.44 bits per heavy atom. The number of amides is 2. The summed E-state index contributed by atoms with van der Waals surface area (Å²) in [5, 5.41) is -0.187. The number of nitrogens with two attached hydrogens (primary N) is 1. The summed E-state index contributed by atoms with van der Waals surface area (Å²) in [5.41, 5.74) is 6.26. The molecule has 16 heavy (non-hydrogen) atoms. The lowest BCUT2D eigenvalue weighted by Gasteiger charge is -2.23. The minimum Gasteiger partial charge on any atom is -0.384 e. The van der Waals surface area contributed by atoms with E-state index in [0.717, 1.165) is 5.56 Å². The second kappa shape index (κ2) is 4.52. The highest BCUT2D eigenvalue weighted by atomic mass is 32.2. The van der Waals surface area contributed by atoms with Crippen molar-refractivity contribution in [2.75, 3.05) is 11.5 Å². The second-order valence-electron chi connectivity index (χ2n) is 3.44. The number of pyridine rings is 1. The van der Waals surface area contributed by atoms with Gasteiger partial charge in [-0.05, 0) is 11.6 Å². The van der Waals surface area contributed by atoms with Crippen LogP contribution in [0, 0.1) is 0 Å². The lowest BCUT2D eigenvalue weighted by molar-refractivity contribution is -0.128. The van der Waals surface area contributed by atoms with Gasteiger partial charge in [-0.1, -0.05) is 17.8 Å². The van der Waals surface area contributed by atoms with Crippen molar-refractivity contribution in [3.8, 4) is 0 Å². The fourth-order valence-corrected chi connectivity index (χ4v) is 2.18. The van der Waals surface area contributed by atoms with Crippen LogP contribution >= 0.6 is 11.8 Å². The van der Waals surface area contributed by atoms with E-state index in [4.69, 9.17) is 5.73 Å². The maximum Gasteiger partial charge on any atom is 0.288 e. The summed E-state index contributed by atoms with van der Waals surface area (Å²) < 4.78 is 0. The van der Waals surface area contributed by atoms with Crippen LogP contribution in [-0.4, -0.2) is 26.8 Å². The fraction of sp³-hybridized carbons (Fsp3) is 0.300. The van der Waals surface area contributed by atoms with Gasteiger partial charge in [0, 0.05) is 18.4 Å². The fourth-order valence-electron chi connectivity index (χ4n) is 1.41. The third kappa shape index (κ3) is 2.33. The van der Waals surface area contributed by atoms with E-state index < -0.39 is 0 Å². The average Bonchev–Trinajstić information content (AvgIpc) is 2.26. The Balaban J connectivity index is 2.10. The first kappa shape index (κ1) is 10.9. The lowest BCUT2D eigenvalue weighted by atomic mass is 10.2. The highest BCUT2D eigenvalue weighted by Gasteiger charge is 2.26. The van der Waals surface area contributed by atoms with Gasteiger partial charge in [0.1, 0.15) is 5.82 Å². The van der Waals surface area contributed by atoms with Crippen molar-refractivity contribution < 1.29 is 9.59 Å². The summed E-state index contributed by atoms with van der Waals surface area (Å²) >= 11 is 1.17. The molecule has 1 fully saturated rings. The van der Waals surface area contributed by atoms with Crippen molar-refractivity contribution in [1.29, 1.82) is 0 Å². The molecule has 6 heteroatoms. The predicted molar refractivity (Wildman–Crippen MR) is 61.7 cm³/mol. The number of rotatable bonds is 2. The van der Waals surface area contributed by atoms with Crippen molar-refractivity contribution in [2.24, 2.45) is 0 Å². The summed E-state index contributed by atoms with van der Waals surface area (Å²) in [6.45, 7) is 0.276. The summed E-state index contributed by atoms with van der Waals surface area (Å²) in [6.07, 6.45) is 1.99. The van der Waals surface area contributed by atoms with E-state index in [2.05, 4.69) is 4.98 Å². The third-order valence-corrected chi connectivity index (χ3v) is 3.13. The number of hydrogen-bond donors (Lipinski definition) is 1. The predicted octanol–water partition coefficient (Wildman–Crippen LogP) is 1.25. The first-order chi connectivity index (χ1) is 7.66. The number of nitrogen functional groups attached to an aromatic ring is 1. The van der Waals surface area contributed by atoms with Crippen LogP contribution in [-0.2, 0) is 11.3 Å². The highest BCUT2D eigenvalue weighted by molar-refractivity contribution is 8.13. The molecule has 0 spiro atoms. The molecule has 0 aromatic carbocycles. The number of anilines is 1. The number of hydrogen-bond acceptors (Lipinski definition) is 5. The minimum absolute atomic E-state index is 0.124. The van der Waals surface area contributed by atoms with Crippen LogP contribution in [0.5, 0.6) is 0 Å². The summed E-state index contributed by atoms with van der Waals surface area (Å²) in [7, 11) is 0. The maximum atomic E-state index is 11.5. The Hall–Kier alpha value is -1.56. The highest BCUT2D eigenvalue weighted by Crippen LogP contribution is 2.20. The molecule has 2 amide bonds. The maximum absolute atomic E-state index is 11.5. The number of aromatic nitrogens is 1. The van der Waals surface area contributed by atoms with Crippen LogP contribution in [0.1, 0.15) is 12.0 Å². The van der Waals surface area contributed by atoms with E-state index in [-0.39, 0.29) is 17.7 Å². The van der Waals surface area contributed by atoms with E-state index in [9.17, 15) is 9.59 Å². The Morgan fingerprint density at radius 2 is 2.25 bits per heavy atom. The van der Waals surface area contributed by atoms with E-state index in [1.165, 1.54) is 16.7 Å². The number of imide groups is 1. The van der Waals surface area contributed by atoms with E-state index in [0.29, 0.717) is 18.0 Å². The standard InChI is InChI=1S/C10H11N3O2S/c11-8-2-1-7(5-12-8)6-13-9(14)3-4-16-10(13)15/h1-2,5H,3-4,6H2,(H2,11,12). The molecular weight excluding hydrogens is 226 g/mol. The molecule has 2 N–H and O–H groups in total. The first-order valence-corrected chi connectivity index (χ1v) is 5.83. The van der Waals surface area contributed by atoms with Crippen molar-refractivity contribution >= 4 is 28.7 Å². The van der Waals surface area contributed by atoms with Gasteiger partial charge < -0.3 is 5.73 Å². The average molecular weight is 237 g/mol. The van der Waals surface area contributed by atoms with Crippen LogP contribution in [0.3, 0.4) is 0 Å². The van der Waals surface area contributed by atoms with Crippen molar-refractivity contribution in [2.45, 2.75) is 13.0 Å². The molecule has 0 bridgehead atoms. The minimum atomic E-state index is -0.187. The molecule has 0 atom stereocenters. The van der Waals surface area contributed by atoms with Gasteiger partial charge in [0.25, 0.3) is 5.24 Å². The zero-order valence-electron chi connectivity index (χ0n) is 8.55. The lowest BCUT2D eigenvalue weighted by Crippen LogP contribution is -2.37. The van der Waals surface area contributed by atoms with Gasteiger partial charge in [0.2, 0.25) is 5.91 Å². The molecule has 2 heterocycles. The van der Waals surface area contributed by atoms with Gasteiger partial charge in [0.15, 0.2) is 0 Å². The smallest absolute Gasteiger partial charge is 0.288 e. The summed E-state index contributed by atoms with van der Waals surface area (Å²) in [5.74, 6) is 0.878. The molecule has 1 aromatic heterocycles. The molecule has 0 aliphatic carbocycles. The Bertz CT molecular complexity index is 403. The Kier molecular flexibility index (Phi) is 3.09. The van der Waals surface area contributed by atoms with Crippen LogP contribution in [0.2, 0.25) is 0 Å². The Labute approximate surface area is 97.0 Å². The summed E-state index contributed by atoms with van der Waals surface area (Å²) in [4.78, 5) is 28.2. The number of nitrogens with zero attached hydrogens (tertiary/aromatic N) is 2.